The van der Waals surface area contributed by atoms with Crippen LogP contribution in [-0.2, 0) is 23.1 Å². The van der Waals surface area contributed by atoms with Crippen LogP contribution >= 0.6 is 0 Å². The van der Waals surface area contributed by atoms with E-state index < -0.39 is 10.0 Å². The Balaban J connectivity index is 2.28. The fourth-order valence-corrected chi connectivity index (χ4v) is 4.04. The zero-order valence-electron chi connectivity index (χ0n) is 12.6. The Morgan fingerprint density at radius 2 is 2.15 bits per heavy atom. The molecule has 1 N–H and O–H groups in total. The quantitative estimate of drug-likeness (QED) is 0.835. The first-order chi connectivity index (χ1) is 9.50. The van der Waals surface area contributed by atoms with Crippen molar-refractivity contribution in [3.8, 4) is 0 Å². The SMILES string of the molecule is CCCn1cc(S(=O)(=O)N(C)C2CCC2)cc1CNC. The Labute approximate surface area is 122 Å². The van der Waals surface area contributed by atoms with Crippen LogP contribution in [0.1, 0.15) is 38.3 Å². The first kappa shape index (κ1) is 15.5. The van der Waals surface area contributed by atoms with Crippen LogP contribution in [0.2, 0.25) is 0 Å². The number of aryl methyl sites for hydroxylation is 1. The molecular weight excluding hydrogens is 274 g/mol. The predicted octanol–water partition coefficient (Wildman–Crippen LogP) is 1.79. The molecule has 6 heteroatoms. The Morgan fingerprint density at radius 3 is 2.65 bits per heavy atom. The molecule has 20 heavy (non-hydrogen) atoms. The first-order valence-electron chi connectivity index (χ1n) is 7.32. The lowest BCUT2D eigenvalue weighted by molar-refractivity contribution is 0.249. The summed E-state index contributed by atoms with van der Waals surface area (Å²) in [6, 6.07) is 1.98. The molecule has 114 valence electrons. The molecule has 1 heterocycles. The summed E-state index contributed by atoms with van der Waals surface area (Å²) in [5.74, 6) is 0. The van der Waals surface area contributed by atoms with Crippen LogP contribution in [0.15, 0.2) is 17.2 Å². The number of aromatic nitrogens is 1. The third-order valence-corrected chi connectivity index (χ3v) is 5.92. The molecule has 0 radical (unpaired) electrons. The molecule has 0 saturated heterocycles. The topological polar surface area (TPSA) is 54.3 Å². The maximum atomic E-state index is 12.6. The first-order valence-corrected chi connectivity index (χ1v) is 8.76. The van der Waals surface area contributed by atoms with E-state index in [1.165, 1.54) is 0 Å². The van der Waals surface area contributed by atoms with Crippen molar-refractivity contribution in [3.63, 3.8) is 0 Å². The second-order valence-electron chi connectivity index (χ2n) is 5.50. The van der Waals surface area contributed by atoms with Crippen molar-refractivity contribution < 1.29 is 8.42 Å². The summed E-state index contributed by atoms with van der Waals surface area (Å²) < 4.78 is 28.9. The number of nitrogens with one attached hydrogen (secondary N) is 1. The fourth-order valence-electron chi connectivity index (χ4n) is 2.56. The van der Waals surface area contributed by atoms with Gasteiger partial charge in [0.2, 0.25) is 10.0 Å². The Kier molecular flexibility index (Phi) is 4.88. The molecule has 5 nitrogen and oxygen atoms in total. The van der Waals surface area contributed by atoms with Crippen LogP contribution in [0.5, 0.6) is 0 Å². The van der Waals surface area contributed by atoms with Gasteiger partial charge >= 0.3 is 0 Å². The molecular formula is C14H25N3O2S. The summed E-state index contributed by atoms with van der Waals surface area (Å²) in [5, 5.41) is 3.09. The van der Waals surface area contributed by atoms with E-state index in [-0.39, 0.29) is 6.04 Å². The standard InChI is InChI=1S/C14H25N3O2S/c1-4-8-17-11-14(9-13(17)10-15-2)20(18,19)16(3)12-6-5-7-12/h9,11-12,15H,4-8,10H2,1-3H3. The van der Waals surface area contributed by atoms with Crippen LogP contribution < -0.4 is 5.32 Å². The van der Waals surface area contributed by atoms with Crippen molar-refractivity contribution in [2.45, 2.75) is 56.6 Å². The van der Waals surface area contributed by atoms with Crippen molar-refractivity contribution in [1.82, 2.24) is 14.2 Å². The van der Waals surface area contributed by atoms with Crippen molar-refractivity contribution in [1.29, 1.82) is 0 Å². The van der Waals surface area contributed by atoms with Gasteiger partial charge in [0.15, 0.2) is 0 Å². The number of hydrogen-bond donors (Lipinski definition) is 1. The summed E-state index contributed by atoms with van der Waals surface area (Å²) in [7, 11) is 0.223. The zero-order valence-corrected chi connectivity index (χ0v) is 13.4. The van der Waals surface area contributed by atoms with E-state index in [0.29, 0.717) is 11.4 Å². The number of sulfonamides is 1. The summed E-state index contributed by atoms with van der Waals surface area (Å²) >= 11 is 0. The van der Waals surface area contributed by atoms with Crippen molar-refractivity contribution >= 4 is 10.0 Å². The van der Waals surface area contributed by atoms with Gasteiger partial charge < -0.3 is 9.88 Å². The lowest BCUT2D eigenvalue weighted by Crippen LogP contribution is -2.41. The summed E-state index contributed by atoms with van der Waals surface area (Å²) in [5.41, 5.74) is 1.02. The second-order valence-corrected chi connectivity index (χ2v) is 7.49. The average molecular weight is 299 g/mol. The van der Waals surface area contributed by atoms with E-state index in [1.807, 2.05) is 11.6 Å². The van der Waals surface area contributed by atoms with Crippen molar-refractivity contribution in [2.24, 2.45) is 0 Å². The molecule has 1 aliphatic rings. The summed E-state index contributed by atoms with van der Waals surface area (Å²) in [6.07, 6.45) is 5.86. The molecule has 1 fully saturated rings. The van der Waals surface area contributed by atoms with Crippen LogP contribution in [0.4, 0.5) is 0 Å². The Bertz CT molecular complexity index is 523. The van der Waals surface area contributed by atoms with Crippen molar-refractivity contribution in [3.05, 3.63) is 18.0 Å². The maximum Gasteiger partial charge on any atom is 0.244 e. The third kappa shape index (κ3) is 2.92. The Hall–Kier alpha value is -0.850. The van der Waals surface area contributed by atoms with E-state index in [2.05, 4.69) is 12.2 Å². The minimum absolute atomic E-state index is 0.183. The highest BCUT2D eigenvalue weighted by Crippen LogP contribution is 2.29. The smallest absolute Gasteiger partial charge is 0.244 e. The molecule has 0 aliphatic heterocycles. The van der Waals surface area contributed by atoms with Gasteiger partial charge in [-0.25, -0.2) is 8.42 Å². The van der Waals surface area contributed by atoms with E-state index in [4.69, 9.17) is 0 Å². The molecule has 1 saturated carbocycles. The highest BCUT2D eigenvalue weighted by molar-refractivity contribution is 7.89. The molecule has 0 bridgehead atoms. The third-order valence-electron chi connectivity index (χ3n) is 4.05. The fraction of sp³-hybridized carbons (Fsp3) is 0.714. The lowest BCUT2D eigenvalue weighted by atomic mass is 9.94. The molecule has 2 rings (SSSR count). The molecule has 0 aromatic carbocycles. The number of hydrogen-bond acceptors (Lipinski definition) is 3. The van der Waals surface area contributed by atoms with Gasteiger partial charge in [0, 0.05) is 38.1 Å². The maximum absolute atomic E-state index is 12.6. The molecule has 1 aromatic heterocycles. The van der Waals surface area contributed by atoms with E-state index in [9.17, 15) is 8.42 Å². The van der Waals surface area contributed by atoms with Gasteiger partial charge in [0.05, 0.1) is 0 Å². The zero-order chi connectivity index (χ0) is 14.8. The van der Waals surface area contributed by atoms with E-state index in [1.54, 1.807) is 23.6 Å². The number of nitrogens with zero attached hydrogens (tertiary/aromatic N) is 2. The number of rotatable bonds is 7. The molecule has 0 amide bonds. The predicted molar refractivity (Wildman–Crippen MR) is 80.1 cm³/mol. The molecule has 1 aromatic rings. The van der Waals surface area contributed by atoms with Gasteiger partial charge in [-0.15, -0.1) is 0 Å². The van der Waals surface area contributed by atoms with Crippen LogP contribution in [0.3, 0.4) is 0 Å². The van der Waals surface area contributed by atoms with Gasteiger partial charge in [-0.2, -0.15) is 4.31 Å². The molecule has 0 atom stereocenters. The Morgan fingerprint density at radius 1 is 1.45 bits per heavy atom. The van der Waals surface area contributed by atoms with E-state index >= 15 is 0 Å². The van der Waals surface area contributed by atoms with Crippen LogP contribution in [-0.4, -0.2) is 37.4 Å². The van der Waals surface area contributed by atoms with Crippen molar-refractivity contribution in [2.75, 3.05) is 14.1 Å². The average Bonchev–Trinajstić information content (AvgIpc) is 2.72. The normalized spacial score (nSPS) is 16.6. The minimum atomic E-state index is -3.35. The largest absolute Gasteiger partial charge is 0.349 e. The van der Waals surface area contributed by atoms with Gasteiger partial charge in [-0.1, -0.05) is 13.3 Å². The lowest BCUT2D eigenvalue weighted by Gasteiger charge is -2.33. The minimum Gasteiger partial charge on any atom is -0.349 e. The van der Waals surface area contributed by atoms with E-state index in [0.717, 1.165) is 37.9 Å². The van der Waals surface area contributed by atoms with Crippen LogP contribution in [0, 0.1) is 0 Å². The van der Waals surface area contributed by atoms with Gasteiger partial charge in [0.1, 0.15) is 4.90 Å². The van der Waals surface area contributed by atoms with Gasteiger partial charge in [-0.3, -0.25) is 0 Å². The molecule has 0 unspecified atom stereocenters. The van der Waals surface area contributed by atoms with Crippen LogP contribution in [0.25, 0.3) is 0 Å². The second kappa shape index (κ2) is 6.28. The molecule has 1 aliphatic carbocycles. The van der Waals surface area contributed by atoms with Gasteiger partial charge in [-0.05, 0) is 32.4 Å². The van der Waals surface area contributed by atoms with Gasteiger partial charge in [0.25, 0.3) is 0 Å². The highest BCUT2D eigenvalue weighted by Gasteiger charge is 2.32. The monoisotopic (exact) mass is 299 g/mol. The summed E-state index contributed by atoms with van der Waals surface area (Å²) in [4.78, 5) is 0.422. The highest BCUT2D eigenvalue weighted by atomic mass is 32.2. The molecule has 0 spiro atoms. The summed E-state index contributed by atoms with van der Waals surface area (Å²) in [6.45, 7) is 3.63.